The third-order valence-corrected chi connectivity index (χ3v) is 4.18. The molecule has 0 saturated carbocycles. The van der Waals surface area contributed by atoms with Crippen molar-refractivity contribution in [3.63, 3.8) is 0 Å². The summed E-state index contributed by atoms with van der Waals surface area (Å²) in [5.74, 6) is 5.89. The number of ether oxygens (including phenoxy) is 1. The molecule has 0 aliphatic heterocycles. The number of hydrogen-bond acceptors (Lipinski definition) is 5. The summed E-state index contributed by atoms with van der Waals surface area (Å²) >= 11 is 0. The van der Waals surface area contributed by atoms with Crippen molar-refractivity contribution in [1.82, 2.24) is 9.97 Å². The van der Waals surface area contributed by atoms with Crippen molar-refractivity contribution in [3.05, 3.63) is 71.3 Å². The maximum Gasteiger partial charge on any atom is 0.214 e. The summed E-state index contributed by atoms with van der Waals surface area (Å²) in [6.45, 7) is 4.12. The zero-order valence-electron chi connectivity index (χ0n) is 15.0. The van der Waals surface area contributed by atoms with Gasteiger partial charge in [0.25, 0.3) is 0 Å². The van der Waals surface area contributed by atoms with Crippen LogP contribution in [0.3, 0.4) is 0 Å². The van der Waals surface area contributed by atoms with Crippen molar-refractivity contribution >= 4 is 5.69 Å². The molecule has 3 aromatic rings. The van der Waals surface area contributed by atoms with Crippen molar-refractivity contribution < 1.29 is 9.13 Å². The second kappa shape index (κ2) is 7.49. The lowest BCUT2D eigenvalue weighted by atomic mass is 10.1. The third-order valence-electron chi connectivity index (χ3n) is 4.18. The van der Waals surface area contributed by atoms with Gasteiger partial charge in [-0.25, -0.2) is 15.8 Å². The number of anilines is 1. The highest BCUT2D eigenvalue weighted by Crippen LogP contribution is 2.25. The SMILES string of the molecule is Cc1cccc(N(C)N)c1COc1cccc(-c2ccc(F)nc2C)n1. The minimum absolute atomic E-state index is 0.348. The van der Waals surface area contributed by atoms with E-state index in [1.807, 2.05) is 37.3 Å². The number of benzene rings is 1. The molecule has 5 nitrogen and oxygen atoms in total. The Hall–Kier alpha value is -2.99. The van der Waals surface area contributed by atoms with Crippen molar-refractivity contribution in [2.75, 3.05) is 12.1 Å². The van der Waals surface area contributed by atoms with E-state index in [1.165, 1.54) is 6.07 Å². The Balaban J connectivity index is 1.85. The first kappa shape index (κ1) is 17.8. The lowest BCUT2D eigenvalue weighted by molar-refractivity contribution is 0.294. The molecule has 1 aromatic carbocycles. The normalized spacial score (nSPS) is 10.7. The van der Waals surface area contributed by atoms with E-state index in [1.54, 1.807) is 31.1 Å². The molecule has 0 unspecified atom stereocenters. The van der Waals surface area contributed by atoms with Crippen molar-refractivity contribution in [1.29, 1.82) is 0 Å². The first-order chi connectivity index (χ1) is 12.5. The molecule has 0 bridgehead atoms. The predicted molar refractivity (Wildman–Crippen MR) is 100 cm³/mol. The third kappa shape index (κ3) is 3.81. The largest absolute Gasteiger partial charge is 0.473 e. The Kier molecular flexibility index (Phi) is 5.14. The van der Waals surface area contributed by atoms with Gasteiger partial charge in [-0.2, -0.15) is 4.39 Å². The zero-order valence-corrected chi connectivity index (χ0v) is 15.0. The van der Waals surface area contributed by atoms with Crippen LogP contribution in [-0.4, -0.2) is 17.0 Å². The maximum atomic E-state index is 13.2. The van der Waals surface area contributed by atoms with Gasteiger partial charge < -0.3 is 9.75 Å². The minimum Gasteiger partial charge on any atom is -0.473 e. The average molecular weight is 352 g/mol. The van der Waals surface area contributed by atoms with Crippen LogP contribution in [0.25, 0.3) is 11.3 Å². The van der Waals surface area contributed by atoms with Gasteiger partial charge in [-0.15, -0.1) is 0 Å². The van der Waals surface area contributed by atoms with Crippen LogP contribution in [0, 0.1) is 19.8 Å². The minimum atomic E-state index is -0.503. The first-order valence-electron chi connectivity index (χ1n) is 8.26. The van der Waals surface area contributed by atoms with Gasteiger partial charge >= 0.3 is 0 Å². The van der Waals surface area contributed by atoms with Crippen molar-refractivity contribution in [2.45, 2.75) is 20.5 Å². The quantitative estimate of drug-likeness (QED) is 0.430. The van der Waals surface area contributed by atoms with Crippen LogP contribution in [0.1, 0.15) is 16.8 Å². The molecule has 0 amide bonds. The highest BCUT2D eigenvalue weighted by molar-refractivity contribution is 5.62. The molecular formula is C20H21FN4O. The molecule has 2 heterocycles. The van der Waals surface area contributed by atoms with E-state index < -0.39 is 5.95 Å². The summed E-state index contributed by atoms with van der Waals surface area (Å²) in [5.41, 5.74) is 5.04. The van der Waals surface area contributed by atoms with Crippen LogP contribution in [0.4, 0.5) is 10.1 Å². The van der Waals surface area contributed by atoms with E-state index in [4.69, 9.17) is 10.6 Å². The molecule has 26 heavy (non-hydrogen) atoms. The van der Waals surface area contributed by atoms with E-state index >= 15 is 0 Å². The fraction of sp³-hybridized carbons (Fsp3) is 0.200. The summed E-state index contributed by atoms with van der Waals surface area (Å²) in [4.78, 5) is 8.37. The molecule has 2 N–H and O–H groups in total. The van der Waals surface area contributed by atoms with Crippen LogP contribution >= 0.6 is 0 Å². The summed E-state index contributed by atoms with van der Waals surface area (Å²) in [6.07, 6.45) is 0. The van der Waals surface area contributed by atoms with Gasteiger partial charge in [0.05, 0.1) is 11.4 Å². The molecule has 0 radical (unpaired) electrons. The van der Waals surface area contributed by atoms with E-state index in [-0.39, 0.29) is 0 Å². The van der Waals surface area contributed by atoms with Crippen LogP contribution in [0.2, 0.25) is 0 Å². The number of aryl methyl sites for hydroxylation is 2. The van der Waals surface area contributed by atoms with Crippen LogP contribution in [0.5, 0.6) is 5.88 Å². The molecule has 0 saturated heterocycles. The lowest BCUT2D eigenvalue weighted by Crippen LogP contribution is -2.26. The topological polar surface area (TPSA) is 64.3 Å². The van der Waals surface area contributed by atoms with E-state index in [0.29, 0.717) is 23.9 Å². The number of hydrogen-bond donors (Lipinski definition) is 1. The fourth-order valence-corrected chi connectivity index (χ4v) is 2.80. The Morgan fingerprint density at radius 3 is 2.54 bits per heavy atom. The summed E-state index contributed by atoms with van der Waals surface area (Å²) in [7, 11) is 1.79. The predicted octanol–water partition coefficient (Wildman–Crippen LogP) is 3.79. The molecule has 3 rings (SSSR count). The Morgan fingerprint density at radius 2 is 1.81 bits per heavy atom. The van der Waals surface area contributed by atoms with E-state index in [0.717, 1.165) is 22.4 Å². The van der Waals surface area contributed by atoms with Crippen LogP contribution in [0.15, 0.2) is 48.5 Å². The lowest BCUT2D eigenvalue weighted by Gasteiger charge is -2.19. The Bertz CT molecular complexity index is 927. The molecule has 0 spiro atoms. The number of nitrogens with two attached hydrogens (primary N) is 1. The standard InChI is InChI=1S/C20H21FN4O/c1-13-6-4-8-18(25(3)22)16(13)12-26-20-9-5-7-17(24-20)15-10-11-19(21)23-14(15)2/h4-11H,12,22H2,1-3H3. The van der Waals surface area contributed by atoms with Gasteiger partial charge in [0.1, 0.15) is 6.61 Å². The van der Waals surface area contributed by atoms with Gasteiger partial charge in [-0.3, -0.25) is 0 Å². The second-order valence-corrected chi connectivity index (χ2v) is 6.10. The molecule has 2 aromatic heterocycles. The second-order valence-electron chi connectivity index (χ2n) is 6.10. The molecular weight excluding hydrogens is 331 g/mol. The van der Waals surface area contributed by atoms with Gasteiger partial charge in [0.15, 0.2) is 0 Å². The molecule has 6 heteroatoms. The molecule has 0 aliphatic carbocycles. The van der Waals surface area contributed by atoms with E-state index in [9.17, 15) is 4.39 Å². The van der Waals surface area contributed by atoms with E-state index in [2.05, 4.69) is 9.97 Å². The smallest absolute Gasteiger partial charge is 0.214 e. The Morgan fingerprint density at radius 1 is 1.04 bits per heavy atom. The molecule has 0 atom stereocenters. The highest BCUT2D eigenvalue weighted by atomic mass is 19.1. The van der Waals surface area contributed by atoms with Gasteiger partial charge in [-0.1, -0.05) is 18.2 Å². The monoisotopic (exact) mass is 352 g/mol. The number of nitrogens with zero attached hydrogens (tertiary/aromatic N) is 3. The number of aromatic nitrogens is 2. The molecule has 134 valence electrons. The average Bonchev–Trinajstić information content (AvgIpc) is 2.60. The summed E-state index contributed by atoms with van der Waals surface area (Å²) in [6, 6.07) is 14.4. The number of hydrazine groups is 1. The van der Waals surface area contributed by atoms with Crippen LogP contribution < -0.4 is 15.6 Å². The number of halogens is 1. The van der Waals surface area contributed by atoms with Gasteiger partial charge in [0, 0.05) is 29.9 Å². The Labute approximate surface area is 152 Å². The van der Waals surface area contributed by atoms with Crippen molar-refractivity contribution in [3.8, 4) is 17.1 Å². The van der Waals surface area contributed by atoms with Crippen molar-refractivity contribution in [2.24, 2.45) is 5.84 Å². The summed E-state index contributed by atoms with van der Waals surface area (Å²) in [5, 5.41) is 1.57. The fourth-order valence-electron chi connectivity index (χ4n) is 2.80. The molecule has 0 fully saturated rings. The maximum absolute atomic E-state index is 13.2. The van der Waals surface area contributed by atoms with Gasteiger partial charge in [-0.05, 0) is 43.7 Å². The number of rotatable bonds is 5. The zero-order chi connectivity index (χ0) is 18.7. The number of pyridine rings is 2. The summed E-state index contributed by atoms with van der Waals surface area (Å²) < 4.78 is 19.1. The van der Waals surface area contributed by atoms with Gasteiger partial charge in [0.2, 0.25) is 11.8 Å². The molecule has 0 aliphatic rings. The van der Waals surface area contributed by atoms with Crippen LogP contribution in [-0.2, 0) is 6.61 Å². The first-order valence-corrected chi connectivity index (χ1v) is 8.26. The highest BCUT2D eigenvalue weighted by Gasteiger charge is 2.11.